The molecule has 2 rings (SSSR count). The third-order valence-corrected chi connectivity index (χ3v) is 3.10. The number of aromatic hydroxyl groups is 1. The highest BCUT2D eigenvalue weighted by molar-refractivity contribution is 6.00. The topological polar surface area (TPSA) is 99.1 Å². The zero-order valence-corrected chi connectivity index (χ0v) is 11.0. The summed E-state index contributed by atoms with van der Waals surface area (Å²) in [5, 5.41) is 20.9. The van der Waals surface area contributed by atoms with E-state index in [1.807, 2.05) is 6.92 Å². The Balaban J connectivity index is 2.17. The Morgan fingerprint density at radius 3 is 2.85 bits per heavy atom. The number of anilines is 1. The van der Waals surface area contributed by atoms with E-state index in [1.165, 1.54) is 12.1 Å². The zero-order valence-electron chi connectivity index (χ0n) is 11.0. The second kappa shape index (κ2) is 5.79. The number of phenolic OH excluding ortho intramolecular Hbond substituents is 1. The van der Waals surface area contributed by atoms with Crippen molar-refractivity contribution in [1.82, 2.24) is 4.90 Å². The summed E-state index contributed by atoms with van der Waals surface area (Å²) in [6.45, 7) is 3.22. The average molecular weight is 280 g/mol. The molecule has 0 aromatic heterocycles. The minimum atomic E-state index is -1.22. The van der Waals surface area contributed by atoms with Gasteiger partial charge in [0.2, 0.25) is 0 Å². The number of amides is 2. The van der Waals surface area contributed by atoms with Crippen molar-refractivity contribution >= 4 is 17.7 Å². The van der Waals surface area contributed by atoms with Gasteiger partial charge in [-0.15, -0.1) is 0 Å². The molecule has 20 heavy (non-hydrogen) atoms. The van der Waals surface area contributed by atoms with Crippen molar-refractivity contribution in [3.63, 3.8) is 0 Å². The van der Waals surface area contributed by atoms with Gasteiger partial charge < -0.3 is 25.2 Å². The van der Waals surface area contributed by atoms with Crippen LogP contribution in [0.3, 0.4) is 0 Å². The Morgan fingerprint density at radius 1 is 1.45 bits per heavy atom. The monoisotopic (exact) mass is 280 g/mol. The van der Waals surface area contributed by atoms with Crippen LogP contribution in [0.15, 0.2) is 18.2 Å². The number of phenols is 1. The summed E-state index contributed by atoms with van der Waals surface area (Å²) in [6, 6.07) is 3.33. The third kappa shape index (κ3) is 3.00. The van der Waals surface area contributed by atoms with Gasteiger partial charge in [0.1, 0.15) is 5.75 Å². The number of nitrogens with one attached hydrogen (secondary N) is 1. The molecule has 2 amide bonds. The van der Waals surface area contributed by atoms with Crippen molar-refractivity contribution < 1.29 is 24.5 Å². The van der Waals surface area contributed by atoms with Crippen molar-refractivity contribution in [3.05, 3.63) is 23.8 Å². The van der Waals surface area contributed by atoms with Crippen molar-refractivity contribution in [2.24, 2.45) is 0 Å². The van der Waals surface area contributed by atoms with Gasteiger partial charge in [-0.2, -0.15) is 0 Å². The molecule has 1 atom stereocenters. The maximum atomic E-state index is 12.1. The van der Waals surface area contributed by atoms with Gasteiger partial charge in [0.05, 0.1) is 30.5 Å². The maximum Gasteiger partial charge on any atom is 0.337 e. The van der Waals surface area contributed by atoms with Crippen molar-refractivity contribution in [1.29, 1.82) is 0 Å². The van der Waals surface area contributed by atoms with Crippen LogP contribution in [0, 0.1) is 0 Å². The number of carbonyl (C=O) groups is 2. The predicted molar refractivity (Wildman–Crippen MR) is 71.1 cm³/mol. The van der Waals surface area contributed by atoms with Crippen LogP contribution in [0.5, 0.6) is 5.75 Å². The molecule has 7 heteroatoms. The van der Waals surface area contributed by atoms with Crippen LogP contribution in [0.25, 0.3) is 0 Å². The van der Waals surface area contributed by atoms with Gasteiger partial charge in [0.15, 0.2) is 0 Å². The lowest BCUT2D eigenvalue weighted by atomic mass is 10.1. The molecule has 0 saturated carbocycles. The van der Waals surface area contributed by atoms with Gasteiger partial charge in [0, 0.05) is 6.54 Å². The van der Waals surface area contributed by atoms with Crippen LogP contribution in [-0.4, -0.2) is 52.9 Å². The normalized spacial score (nSPS) is 18.6. The van der Waals surface area contributed by atoms with E-state index in [2.05, 4.69) is 5.32 Å². The first-order valence-corrected chi connectivity index (χ1v) is 6.20. The van der Waals surface area contributed by atoms with E-state index in [-0.39, 0.29) is 29.1 Å². The smallest absolute Gasteiger partial charge is 0.337 e. The Labute approximate surface area is 115 Å². The SMILES string of the molecule is CC1COCCN1C(=O)Nc1ccc(O)cc1C(=O)O. The number of benzene rings is 1. The number of carboxylic acid groups (broad SMARTS) is 1. The summed E-state index contributed by atoms with van der Waals surface area (Å²) in [5.74, 6) is -1.38. The Kier molecular flexibility index (Phi) is 4.09. The van der Waals surface area contributed by atoms with Gasteiger partial charge in [-0.25, -0.2) is 9.59 Å². The molecule has 1 saturated heterocycles. The molecule has 1 heterocycles. The fourth-order valence-electron chi connectivity index (χ4n) is 2.03. The zero-order chi connectivity index (χ0) is 14.7. The molecule has 1 unspecified atom stereocenters. The lowest BCUT2D eigenvalue weighted by Crippen LogP contribution is -2.49. The predicted octanol–water partition coefficient (Wildman–Crippen LogP) is 1.34. The standard InChI is InChI=1S/C13H16N2O5/c1-8-7-20-5-4-15(8)13(19)14-11-3-2-9(16)6-10(11)12(17)18/h2-3,6,8,16H,4-5,7H2,1H3,(H,14,19)(H,17,18). The quantitative estimate of drug-likeness (QED) is 0.710. The number of carboxylic acids is 1. The van der Waals surface area contributed by atoms with Gasteiger partial charge in [0.25, 0.3) is 0 Å². The molecule has 0 aliphatic carbocycles. The van der Waals surface area contributed by atoms with Crippen LogP contribution >= 0.6 is 0 Å². The minimum absolute atomic E-state index is 0.0749. The van der Waals surface area contributed by atoms with E-state index >= 15 is 0 Å². The fourth-order valence-corrected chi connectivity index (χ4v) is 2.03. The van der Waals surface area contributed by atoms with Crippen LogP contribution in [0.2, 0.25) is 0 Å². The molecular formula is C13H16N2O5. The highest BCUT2D eigenvalue weighted by atomic mass is 16.5. The van der Waals surface area contributed by atoms with Gasteiger partial charge in [-0.3, -0.25) is 0 Å². The number of carbonyl (C=O) groups excluding carboxylic acids is 1. The molecule has 0 bridgehead atoms. The van der Waals surface area contributed by atoms with Crippen LogP contribution in [-0.2, 0) is 4.74 Å². The second-order valence-electron chi connectivity index (χ2n) is 4.58. The molecule has 3 N–H and O–H groups in total. The lowest BCUT2D eigenvalue weighted by Gasteiger charge is -2.33. The number of ether oxygens (including phenoxy) is 1. The summed E-state index contributed by atoms with van der Waals surface area (Å²) in [5.41, 5.74) is -0.00162. The first kappa shape index (κ1) is 14.1. The summed E-state index contributed by atoms with van der Waals surface area (Å²) < 4.78 is 5.24. The first-order valence-electron chi connectivity index (χ1n) is 6.20. The Morgan fingerprint density at radius 2 is 2.20 bits per heavy atom. The van der Waals surface area contributed by atoms with Gasteiger partial charge in [-0.1, -0.05) is 0 Å². The van der Waals surface area contributed by atoms with Crippen molar-refractivity contribution in [3.8, 4) is 5.75 Å². The van der Waals surface area contributed by atoms with Crippen LogP contribution in [0.4, 0.5) is 10.5 Å². The molecular weight excluding hydrogens is 264 g/mol. The molecule has 1 aliphatic rings. The largest absolute Gasteiger partial charge is 0.508 e. The molecule has 1 aromatic rings. The molecule has 0 spiro atoms. The number of urea groups is 1. The number of nitrogens with zero attached hydrogens (tertiary/aromatic N) is 1. The van der Waals surface area contributed by atoms with Crippen LogP contribution < -0.4 is 5.32 Å². The molecule has 7 nitrogen and oxygen atoms in total. The Bertz CT molecular complexity index is 531. The number of hydrogen-bond donors (Lipinski definition) is 3. The summed E-state index contributed by atoms with van der Waals surface area (Å²) in [4.78, 5) is 24.8. The third-order valence-electron chi connectivity index (χ3n) is 3.10. The molecule has 1 aromatic carbocycles. The number of aromatic carboxylic acids is 1. The molecule has 1 fully saturated rings. The summed E-state index contributed by atoms with van der Waals surface area (Å²) in [7, 11) is 0. The lowest BCUT2D eigenvalue weighted by molar-refractivity contribution is 0.0221. The summed E-state index contributed by atoms with van der Waals surface area (Å²) >= 11 is 0. The highest BCUT2D eigenvalue weighted by Gasteiger charge is 2.24. The van der Waals surface area contributed by atoms with E-state index in [9.17, 15) is 14.7 Å². The highest BCUT2D eigenvalue weighted by Crippen LogP contribution is 2.22. The van der Waals surface area contributed by atoms with E-state index in [1.54, 1.807) is 4.90 Å². The van der Waals surface area contributed by atoms with Crippen molar-refractivity contribution in [2.45, 2.75) is 13.0 Å². The first-order chi connectivity index (χ1) is 9.49. The van der Waals surface area contributed by atoms with Crippen molar-refractivity contribution in [2.75, 3.05) is 25.1 Å². The number of hydrogen-bond acceptors (Lipinski definition) is 4. The van der Waals surface area contributed by atoms with E-state index in [4.69, 9.17) is 9.84 Å². The van der Waals surface area contributed by atoms with E-state index < -0.39 is 5.97 Å². The van der Waals surface area contributed by atoms with E-state index in [0.29, 0.717) is 19.8 Å². The molecule has 1 aliphatic heterocycles. The van der Waals surface area contributed by atoms with Gasteiger partial charge in [-0.05, 0) is 25.1 Å². The van der Waals surface area contributed by atoms with Crippen LogP contribution in [0.1, 0.15) is 17.3 Å². The molecule has 0 radical (unpaired) electrons. The second-order valence-corrected chi connectivity index (χ2v) is 4.58. The maximum absolute atomic E-state index is 12.1. The molecule has 108 valence electrons. The Hall–Kier alpha value is -2.28. The van der Waals surface area contributed by atoms with E-state index in [0.717, 1.165) is 6.07 Å². The minimum Gasteiger partial charge on any atom is -0.508 e. The van der Waals surface area contributed by atoms with Gasteiger partial charge >= 0.3 is 12.0 Å². The number of rotatable bonds is 2. The summed E-state index contributed by atoms with van der Waals surface area (Å²) in [6.07, 6.45) is 0. The fraction of sp³-hybridized carbons (Fsp3) is 0.385. The number of morpholine rings is 1. The average Bonchev–Trinajstić information content (AvgIpc) is 2.41.